The van der Waals surface area contributed by atoms with Crippen LogP contribution < -0.4 is 0 Å². The smallest absolute Gasteiger partial charge is 0.331 e. The fourth-order valence-corrected chi connectivity index (χ4v) is 4.92. The van der Waals surface area contributed by atoms with Crippen molar-refractivity contribution in [1.29, 1.82) is 0 Å². The summed E-state index contributed by atoms with van der Waals surface area (Å²) < 4.78 is 22.3. The molecular weight excluding hydrogens is 464 g/mol. The number of esters is 1. The van der Waals surface area contributed by atoms with Gasteiger partial charge in [-0.05, 0) is 24.6 Å². The third-order valence-electron chi connectivity index (χ3n) is 6.77. The van der Waals surface area contributed by atoms with Crippen LogP contribution >= 0.6 is 0 Å². The molecule has 4 rings (SSSR count). The van der Waals surface area contributed by atoms with Gasteiger partial charge in [-0.3, -0.25) is 0 Å². The molecule has 6 N–H and O–H groups in total. The molecule has 2 aliphatic heterocycles. The lowest BCUT2D eigenvalue weighted by Gasteiger charge is -2.45. The van der Waals surface area contributed by atoms with Crippen LogP contribution in [0.5, 0.6) is 0 Å². The molecule has 3 aliphatic rings. The molecule has 35 heavy (non-hydrogen) atoms. The van der Waals surface area contributed by atoms with E-state index in [2.05, 4.69) is 0 Å². The van der Waals surface area contributed by atoms with E-state index in [9.17, 15) is 35.4 Å². The van der Waals surface area contributed by atoms with Gasteiger partial charge < -0.3 is 49.6 Å². The van der Waals surface area contributed by atoms with Crippen molar-refractivity contribution < 1.29 is 54.4 Å². The maximum Gasteiger partial charge on any atom is 0.331 e. The van der Waals surface area contributed by atoms with Gasteiger partial charge in [-0.25, -0.2) is 4.79 Å². The van der Waals surface area contributed by atoms with E-state index in [-0.39, 0.29) is 6.42 Å². The van der Waals surface area contributed by atoms with Crippen molar-refractivity contribution in [3.05, 3.63) is 54.3 Å². The quantitative estimate of drug-likeness (QED) is 0.207. The molecule has 7 unspecified atom stereocenters. The molecule has 10 atom stereocenters. The predicted molar refractivity (Wildman–Crippen MR) is 118 cm³/mol. The second-order valence-corrected chi connectivity index (χ2v) is 9.20. The highest BCUT2D eigenvalue weighted by molar-refractivity contribution is 5.87. The average Bonchev–Trinajstić information content (AvgIpc) is 3.03. The summed E-state index contributed by atoms with van der Waals surface area (Å²) in [6.07, 6.45) is -5.57. The molecule has 11 heteroatoms. The summed E-state index contributed by atoms with van der Waals surface area (Å²) >= 11 is 0. The van der Waals surface area contributed by atoms with E-state index in [0.717, 1.165) is 11.8 Å². The van der Waals surface area contributed by atoms with Crippen molar-refractivity contribution in [2.75, 3.05) is 6.61 Å². The Morgan fingerprint density at radius 3 is 2.51 bits per heavy atom. The summed E-state index contributed by atoms with van der Waals surface area (Å²) in [7, 11) is 0. The minimum absolute atomic E-state index is 0.151. The summed E-state index contributed by atoms with van der Waals surface area (Å²) in [5, 5.41) is 61.7. The fourth-order valence-electron chi connectivity index (χ4n) is 4.92. The second-order valence-electron chi connectivity index (χ2n) is 9.20. The number of aliphatic hydroxyl groups is 6. The molecule has 1 aromatic carbocycles. The van der Waals surface area contributed by atoms with Crippen LogP contribution in [0, 0.1) is 5.92 Å². The Kier molecular flexibility index (Phi) is 7.32. The first-order valence-corrected chi connectivity index (χ1v) is 11.2. The topological polar surface area (TPSA) is 175 Å². The molecule has 11 nitrogen and oxygen atoms in total. The second kappa shape index (κ2) is 9.96. The number of aliphatic hydroxyl groups excluding tert-OH is 5. The largest absolute Gasteiger partial charge is 0.472 e. The van der Waals surface area contributed by atoms with E-state index in [1.54, 1.807) is 18.2 Å². The minimum atomic E-state index is -1.91. The van der Waals surface area contributed by atoms with E-state index in [1.807, 2.05) is 18.2 Å². The van der Waals surface area contributed by atoms with Gasteiger partial charge in [0.05, 0.1) is 24.9 Å². The van der Waals surface area contributed by atoms with Crippen molar-refractivity contribution in [2.45, 2.75) is 67.6 Å². The Bertz CT molecular complexity index is 950. The molecule has 0 radical (unpaired) electrons. The van der Waals surface area contributed by atoms with Gasteiger partial charge in [-0.1, -0.05) is 30.3 Å². The van der Waals surface area contributed by atoms with Crippen molar-refractivity contribution in [2.24, 2.45) is 5.92 Å². The van der Waals surface area contributed by atoms with Crippen LogP contribution in [0.2, 0.25) is 0 Å². The Morgan fingerprint density at radius 1 is 1.11 bits per heavy atom. The lowest BCUT2D eigenvalue weighted by atomic mass is 9.81. The number of hydrogen-bond donors (Lipinski definition) is 6. The van der Waals surface area contributed by atoms with Crippen LogP contribution in [0.4, 0.5) is 0 Å². The number of rotatable bonds is 6. The van der Waals surface area contributed by atoms with Crippen molar-refractivity contribution in [3.63, 3.8) is 0 Å². The highest BCUT2D eigenvalue weighted by atomic mass is 16.8. The zero-order valence-electron chi connectivity index (χ0n) is 19.0. The first-order valence-electron chi connectivity index (χ1n) is 11.2. The van der Waals surface area contributed by atoms with Gasteiger partial charge in [0.2, 0.25) is 6.29 Å². The molecule has 1 aliphatic carbocycles. The molecule has 1 saturated carbocycles. The summed E-state index contributed by atoms with van der Waals surface area (Å²) in [5.41, 5.74) is -2.62. The third-order valence-corrected chi connectivity index (χ3v) is 6.77. The molecule has 0 amide bonds. The van der Waals surface area contributed by atoms with Crippen molar-refractivity contribution in [3.8, 4) is 0 Å². The first kappa shape index (κ1) is 25.7. The normalized spacial score (nSPS) is 43.1. The molecule has 1 saturated heterocycles. The molecule has 1 aromatic rings. The Morgan fingerprint density at radius 2 is 1.83 bits per heavy atom. The summed E-state index contributed by atoms with van der Waals surface area (Å²) in [6.45, 7) is 0.852. The Balaban J connectivity index is 1.55. The van der Waals surface area contributed by atoms with E-state index in [1.165, 1.54) is 19.1 Å². The molecule has 2 heterocycles. The van der Waals surface area contributed by atoms with Crippen LogP contribution in [0.3, 0.4) is 0 Å². The van der Waals surface area contributed by atoms with Gasteiger partial charge in [-0.2, -0.15) is 0 Å². The van der Waals surface area contributed by atoms with Crippen molar-refractivity contribution in [1.82, 2.24) is 0 Å². The average molecular weight is 494 g/mol. The van der Waals surface area contributed by atoms with Gasteiger partial charge >= 0.3 is 5.97 Å². The predicted octanol–water partition coefficient (Wildman–Crippen LogP) is -1.20. The summed E-state index contributed by atoms with van der Waals surface area (Å²) in [4.78, 5) is 12.6. The molecule has 192 valence electrons. The number of carbonyl (C=O) groups is 1. The molecule has 2 fully saturated rings. The molecule has 0 bridgehead atoms. The van der Waals surface area contributed by atoms with Gasteiger partial charge in [0.25, 0.3) is 0 Å². The van der Waals surface area contributed by atoms with Crippen LogP contribution in [-0.2, 0) is 23.7 Å². The van der Waals surface area contributed by atoms with E-state index in [0.29, 0.717) is 0 Å². The van der Waals surface area contributed by atoms with Crippen LogP contribution in [-0.4, -0.2) is 97.5 Å². The standard InChI is InChI=1S/C24H30O11/c1-23(35-16(27)8-7-13-5-3-2-4-6-13)11-15(26)24(31)9-10-32-22(20(23)24)34-21-19(30)18(29)17(28)14(12-25)33-21/h2-10,14-15,17-22,25-26,28-31H,11-12H2,1H3/t14?,15-,17?,18?,19?,20?,21?,22?,23+,24-/m0/s1. The highest BCUT2D eigenvalue weighted by Crippen LogP contribution is 2.51. The zero-order valence-corrected chi connectivity index (χ0v) is 19.0. The van der Waals surface area contributed by atoms with Gasteiger partial charge in [-0.15, -0.1) is 0 Å². The third kappa shape index (κ3) is 4.86. The maximum absolute atomic E-state index is 12.6. The van der Waals surface area contributed by atoms with Gasteiger partial charge in [0.15, 0.2) is 6.29 Å². The molecular formula is C24H30O11. The Hall–Kier alpha value is -2.35. The van der Waals surface area contributed by atoms with Crippen LogP contribution in [0.1, 0.15) is 18.9 Å². The SMILES string of the molecule is C[C@@]1(OC(=O)C=Cc2ccccc2)C[C@H](O)[C@@]2(O)C=COC(OC3OC(CO)C(O)C(O)C3O)C12. The van der Waals surface area contributed by atoms with E-state index < -0.39 is 72.8 Å². The first-order chi connectivity index (χ1) is 16.6. The summed E-state index contributed by atoms with van der Waals surface area (Å²) in [6, 6.07) is 9.06. The fraction of sp³-hybridized carbons (Fsp3) is 0.542. The number of ether oxygens (including phenoxy) is 4. The number of carbonyl (C=O) groups excluding carboxylic acids is 1. The lowest BCUT2D eigenvalue weighted by molar-refractivity contribution is -0.351. The number of hydrogen-bond acceptors (Lipinski definition) is 11. The molecule has 0 spiro atoms. The van der Waals surface area contributed by atoms with Gasteiger partial charge in [0.1, 0.15) is 35.6 Å². The van der Waals surface area contributed by atoms with Crippen LogP contribution in [0.15, 0.2) is 48.7 Å². The van der Waals surface area contributed by atoms with Crippen LogP contribution in [0.25, 0.3) is 6.08 Å². The lowest BCUT2D eigenvalue weighted by Crippen LogP contribution is -2.62. The van der Waals surface area contributed by atoms with E-state index in [4.69, 9.17) is 18.9 Å². The highest BCUT2D eigenvalue weighted by Gasteiger charge is 2.66. The number of benzene rings is 1. The number of fused-ring (bicyclic) bond motifs is 1. The van der Waals surface area contributed by atoms with Gasteiger partial charge in [0, 0.05) is 12.5 Å². The summed E-state index contributed by atoms with van der Waals surface area (Å²) in [5.74, 6) is -1.90. The molecule has 0 aromatic heterocycles. The maximum atomic E-state index is 12.6. The zero-order chi connectivity index (χ0) is 25.4. The minimum Gasteiger partial charge on any atom is -0.472 e. The monoisotopic (exact) mass is 494 g/mol. The van der Waals surface area contributed by atoms with E-state index >= 15 is 0 Å². The van der Waals surface area contributed by atoms with Crippen molar-refractivity contribution >= 4 is 12.0 Å². The Labute approximate surface area is 201 Å².